The summed E-state index contributed by atoms with van der Waals surface area (Å²) in [7, 11) is -1.39. The molecule has 1 N–H and O–H groups in total. The molecule has 0 saturated carbocycles. The zero-order valence-corrected chi connectivity index (χ0v) is 11.3. The number of hydrogen-bond acceptors (Lipinski definition) is 4. The maximum Gasteiger partial charge on any atom is 0.371 e. The zero-order valence-electron chi connectivity index (χ0n) is 10.4. The Balaban J connectivity index is 1.75. The molecule has 1 aliphatic rings. The third kappa shape index (κ3) is 2.34. The molecule has 2 unspecified atom stereocenters. The van der Waals surface area contributed by atoms with Crippen LogP contribution >= 0.6 is 0 Å². The number of para-hydroxylation sites is 1. The van der Waals surface area contributed by atoms with Crippen LogP contribution in [0.3, 0.4) is 0 Å². The van der Waals surface area contributed by atoms with Gasteiger partial charge >= 0.3 is 5.97 Å². The largest absolute Gasteiger partial charge is 0.493 e. The van der Waals surface area contributed by atoms with Crippen LogP contribution in [0.25, 0.3) is 0 Å². The number of carboxylic acids is 1. The van der Waals surface area contributed by atoms with Gasteiger partial charge in [-0.1, -0.05) is 18.2 Å². The molecule has 104 valence electrons. The molecule has 6 heteroatoms. The van der Waals surface area contributed by atoms with Crippen molar-refractivity contribution in [2.75, 3.05) is 12.4 Å². The van der Waals surface area contributed by atoms with Gasteiger partial charge in [-0.25, -0.2) is 4.79 Å². The molecule has 0 fully saturated rings. The van der Waals surface area contributed by atoms with Crippen molar-refractivity contribution in [3.63, 3.8) is 0 Å². The second-order valence-electron chi connectivity index (χ2n) is 4.48. The minimum absolute atomic E-state index is 0.0328. The number of hydrogen-bond donors (Lipinski definition) is 1. The summed E-state index contributed by atoms with van der Waals surface area (Å²) in [4.78, 5) is 10.7. The fourth-order valence-corrected chi connectivity index (χ4v) is 3.40. The summed E-state index contributed by atoms with van der Waals surface area (Å²) in [5, 5.41) is 8.97. The maximum atomic E-state index is 12.2. The lowest BCUT2D eigenvalue weighted by atomic mass is 10.0. The molecule has 0 aliphatic carbocycles. The quantitative estimate of drug-likeness (QED) is 0.935. The molecular formula is C14H12O5S. The first-order chi connectivity index (χ1) is 9.65. The first-order valence-electron chi connectivity index (χ1n) is 6.08. The van der Waals surface area contributed by atoms with Gasteiger partial charge in [0.15, 0.2) is 5.09 Å². The van der Waals surface area contributed by atoms with Crippen molar-refractivity contribution < 1.29 is 23.3 Å². The van der Waals surface area contributed by atoms with Crippen molar-refractivity contribution in [2.45, 2.75) is 11.0 Å². The van der Waals surface area contributed by atoms with E-state index in [1.807, 2.05) is 24.3 Å². The zero-order chi connectivity index (χ0) is 14.1. The van der Waals surface area contributed by atoms with Crippen molar-refractivity contribution in [1.29, 1.82) is 0 Å². The van der Waals surface area contributed by atoms with Crippen LogP contribution in [-0.2, 0) is 10.8 Å². The van der Waals surface area contributed by atoms with Gasteiger partial charge in [0.05, 0.1) is 17.4 Å². The molecule has 0 radical (unpaired) electrons. The minimum atomic E-state index is -1.39. The molecule has 2 aromatic rings. The number of benzene rings is 1. The molecule has 1 aromatic carbocycles. The van der Waals surface area contributed by atoms with Crippen LogP contribution in [0, 0.1) is 0 Å². The Morgan fingerprint density at radius 3 is 2.85 bits per heavy atom. The lowest BCUT2D eigenvalue weighted by molar-refractivity contribution is 0.0656. The molecule has 2 atom stereocenters. The van der Waals surface area contributed by atoms with E-state index in [1.54, 1.807) is 0 Å². The highest BCUT2D eigenvalue weighted by Gasteiger charge is 2.27. The van der Waals surface area contributed by atoms with Crippen LogP contribution in [0.15, 0.2) is 45.9 Å². The second-order valence-corrected chi connectivity index (χ2v) is 5.91. The minimum Gasteiger partial charge on any atom is -0.493 e. The van der Waals surface area contributed by atoms with Crippen molar-refractivity contribution >= 4 is 16.8 Å². The number of rotatable bonds is 4. The van der Waals surface area contributed by atoms with Gasteiger partial charge in [-0.05, 0) is 18.2 Å². The van der Waals surface area contributed by atoms with Crippen LogP contribution in [-0.4, -0.2) is 27.6 Å². The van der Waals surface area contributed by atoms with Gasteiger partial charge in [-0.15, -0.1) is 0 Å². The summed E-state index contributed by atoms with van der Waals surface area (Å²) in [6, 6.07) is 10.4. The standard InChI is InChI=1S/C14H12O5S/c15-14(16)12-5-6-13(19-12)20(17)8-9-7-18-11-4-2-1-3-10(9)11/h1-6,9H,7-8H2,(H,15,16). The van der Waals surface area contributed by atoms with Gasteiger partial charge in [0.25, 0.3) is 0 Å². The van der Waals surface area contributed by atoms with E-state index >= 15 is 0 Å². The van der Waals surface area contributed by atoms with E-state index in [0.29, 0.717) is 12.4 Å². The number of carboxylic acid groups (broad SMARTS) is 1. The lowest BCUT2D eigenvalue weighted by Crippen LogP contribution is -2.10. The Bertz CT molecular complexity index is 676. The van der Waals surface area contributed by atoms with E-state index < -0.39 is 16.8 Å². The molecular weight excluding hydrogens is 280 g/mol. The summed E-state index contributed by atoms with van der Waals surface area (Å²) in [5.41, 5.74) is 1.03. The molecule has 0 amide bonds. The van der Waals surface area contributed by atoms with E-state index in [9.17, 15) is 9.00 Å². The van der Waals surface area contributed by atoms with Crippen LogP contribution in [0.2, 0.25) is 0 Å². The summed E-state index contributed by atoms with van der Waals surface area (Å²) >= 11 is 0. The van der Waals surface area contributed by atoms with Crippen LogP contribution < -0.4 is 4.74 Å². The monoisotopic (exact) mass is 292 g/mol. The molecule has 20 heavy (non-hydrogen) atoms. The normalized spacial score (nSPS) is 18.3. The Morgan fingerprint density at radius 1 is 1.30 bits per heavy atom. The fourth-order valence-electron chi connectivity index (χ4n) is 2.19. The van der Waals surface area contributed by atoms with Crippen molar-refractivity contribution in [2.24, 2.45) is 0 Å². The topological polar surface area (TPSA) is 76.7 Å². The van der Waals surface area contributed by atoms with Gasteiger partial charge in [0, 0.05) is 17.2 Å². The Hall–Kier alpha value is -2.08. The number of furan rings is 1. The molecule has 3 rings (SSSR count). The Labute approximate surface area is 117 Å². The molecule has 1 aromatic heterocycles. The lowest BCUT2D eigenvalue weighted by Gasteiger charge is -2.06. The van der Waals surface area contributed by atoms with E-state index in [1.165, 1.54) is 12.1 Å². The van der Waals surface area contributed by atoms with Crippen molar-refractivity contribution in [3.05, 3.63) is 47.7 Å². The van der Waals surface area contributed by atoms with Crippen molar-refractivity contribution in [3.8, 4) is 5.75 Å². The van der Waals surface area contributed by atoms with Crippen LogP contribution in [0.1, 0.15) is 22.0 Å². The predicted octanol–water partition coefficient (Wildman–Crippen LogP) is 2.26. The Kier molecular flexibility index (Phi) is 3.31. The highest BCUT2D eigenvalue weighted by atomic mass is 32.2. The van der Waals surface area contributed by atoms with E-state index in [2.05, 4.69) is 0 Å². The predicted molar refractivity (Wildman–Crippen MR) is 71.6 cm³/mol. The number of carbonyl (C=O) groups is 1. The third-order valence-electron chi connectivity index (χ3n) is 3.17. The van der Waals surface area contributed by atoms with Gasteiger partial charge in [-0.3, -0.25) is 4.21 Å². The molecule has 5 nitrogen and oxygen atoms in total. The first-order valence-corrected chi connectivity index (χ1v) is 7.40. The molecule has 2 heterocycles. The summed E-state index contributed by atoms with van der Waals surface area (Å²) < 4.78 is 22.8. The van der Waals surface area contributed by atoms with Crippen LogP contribution in [0.4, 0.5) is 0 Å². The van der Waals surface area contributed by atoms with E-state index in [4.69, 9.17) is 14.3 Å². The number of ether oxygens (including phenoxy) is 1. The van der Waals surface area contributed by atoms with E-state index in [-0.39, 0.29) is 16.8 Å². The van der Waals surface area contributed by atoms with Gasteiger partial charge in [0.2, 0.25) is 5.76 Å². The molecule has 0 spiro atoms. The van der Waals surface area contributed by atoms with Gasteiger partial charge < -0.3 is 14.3 Å². The van der Waals surface area contributed by atoms with Crippen LogP contribution in [0.5, 0.6) is 5.75 Å². The number of aromatic carboxylic acids is 1. The third-order valence-corrected chi connectivity index (χ3v) is 4.54. The summed E-state index contributed by atoms with van der Waals surface area (Å²) in [6.45, 7) is 0.484. The van der Waals surface area contributed by atoms with Gasteiger partial charge in [-0.2, -0.15) is 0 Å². The summed E-state index contributed by atoms with van der Waals surface area (Å²) in [5.74, 6) is -0.159. The first kappa shape index (κ1) is 12.9. The average Bonchev–Trinajstić information content (AvgIpc) is 3.06. The molecule has 0 saturated heterocycles. The highest BCUT2D eigenvalue weighted by Crippen LogP contribution is 2.34. The number of fused-ring (bicyclic) bond motifs is 1. The fraction of sp³-hybridized carbons (Fsp3) is 0.214. The average molecular weight is 292 g/mol. The summed E-state index contributed by atoms with van der Waals surface area (Å²) in [6.07, 6.45) is 0. The Morgan fingerprint density at radius 2 is 2.10 bits per heavy atom. The van der Waals surface area contributed by atoms with Crippen molar-refractivity contribution in [1.82, 2.24) is 0 Å². The van der Waals surface area contributed by atoms with Gasteiger partial charge in [0.1, 0.15) is 5.75 Å². The second kappa shape index (κ2) is 5.13. The maximum absolute atomic E-state index is 12.2. The molecule has 1 aliphatic heterocycles. The van der Waals surface area contributed by atoms with E-state index in [0.717, 1.165) is 11.3 Å². The highest BCUT2D eigenvalue weighted by molar-refractivity contribution is 7.84. The molecule has 0 bridgehead atoms. The SMILES string of the molecule is O=C(O)c1ccc(S(=O)CC2COc3ccccc32)o1. The smallest absolute Gasteiger partial charge is 0.371 e.